The molecule has 0 aliphatic carbocycles. The minimum Gasteiger partial charge on any atom is -0.397 e. The van der Waals surface area contributed by atoms with Gasteiger partial charge in [-0.2, -0.15) is 0 Å². The third-order valence-electron chi connectivity index (χ3n) is 2.16. The van der Waals surface area contributed by atoms with Gasteiger partial charge in [0.15, 0.2) is 0 Å². The van der Waals surface area contributed by atoms with Crippen LogP contribution in [0.4, 0.5) is 5.69 Å². The average Bonchev–Trinajstić information content (AvgIpc) is 2.30. The third-order valence-corrected chi connectivity index (χ3v) is 2.16. The van der Waals surface area contributed by atoms with Crippen molar-refractivity contribution in [3.63, 3.8) is 0 Å². The number of pyridine rings is 1. The molecule has 0 aliphatic heterocycles. The van der Waals surface area contributed by atoms with Gasteiger partial charge >= 0.3 is 0 Å². The van der Waals surface area contributed by atoms with E-state index in [1.165, 1.54) is 0 Å². The Kier molecular flexibility index (Phi) is 2.31. The van der Waals surface area contributed by atoms with Crippen LogP contribution in [0.5, 0.6) is 0 Å². The molecule has 1 aromatic heterocycles. The van der Waals surface area contributed by atoms with Gasteiger partial charge in [-0.15, -0.1) is 0 Å². The van der Waals surface area contributed by atoms with Crippen LogP contribution in [0.15, 0.2) is 42.6 Å². The lowest BCUT2D eigenvalue weighted by molar-refractivity contribution is 0.282. The lowest BCUT2D eigenvalue weighted by Gasteiger charge is -2.06. The molecule has 0 spiro atoms. The molecule has 3 heteroatoms. The van der Waals surface area contributed by atoms with Crippen molar-refractivity contribution < 1.29 is 6.48 Å². The molecule has 0 amide bonds. The van der Waals surface area contributed by atoms with Crippen LogP contribution < -0.4 is 5.73 Å². The van der Waals surface area contributed by atoms with Crippen molar-refractivity contribution in [1.82, 2.24) is 4.98 Å². The van der Waals surface area contributed by atoms with Crippen LogP contribution in [0.2, 0.25) is 0 Å². The highest BCUT2D eigenvalue weighted by atomic mass is 16.3. The second-order valence-electron chi connectivity index (χ2n) is 3.21. The van der Waals surface area contributed by atoms with Crippen molar-refractivity contribution in [2.45, 2.75) is 6.61 Å². The number of rotatable bonds is 2. The number of anilines is 1. The molecule has 0 aliphatic rings. The van der Waals surface area contributed by atoms with E-state index in [0.717, 1.165) is 0 Å². The van der Waals surface area contributed by atoms with Crippen LogP contribution in [0, 0.1) is 0 Å². The normalized spacial score (nSPS) is 11.1. The number of benzene rings is 1. The largest absolute Gasteiger partial charge is 0.397 e. The quantitative estimate of drug-likeness (QED) is 0.779. The van der Waals surface area contributed by atoms with Gasteiger partial charge in [0, 0.05) is 5.56 Å². The zero-order chi connectivity index (χ0) is 11.5. The van der Waals surface area contributed by atoms with E-state index >= 15 is 0 Å². The van der Waals surface area contributed by atoms with E-state index in [-0.39, 0.29) is 6.61 Å². The fourth-order valence-corrected chi connectivity index (χ4v) is 1.40. The maximum Gasteiger partial charge on any atom is 0.0707 e. The second-order valence-corrected chi connectivity index (χ2v) is 3.21. The number of hydrogen-bond donors (Lipinski definition) is 2. The monoisotopic (exact) mass is 201 g/mol. The summed E-state index contributed by atoms with van der Waals surface area (Å²) in [7, 11) is 0. The summed E-state index contributed by atoms with van der Waals surface area (Å²) in [4.78, 5) is 4.16. The highest BCUT2D eigenvalue weighted by Crippen LogP contribution is 2.21. The van der Waals surface area contributed by atoms with Gasteiger partial charge in [-0.3, -0.25) is 4.98 Å². The molecule has 0 unspecified atom stereocenters. The number of aliphatic hydroxyl groups is 1. The molecule has 76 valence electrons. The summed E-state index contributed by atoms with van der Waals surface area (Å²) < 4.78 is 7.82. The smallest absolute Gasteiger partial charge is 0.0707 e. The summed E-state index contributed by atoms with van der Waals surface area (Å²) in [6.07, 6.45) is 1.54. The molecule has 0 saturated carbocycles. The van der Waals surface area contributed by atoms with E-state index in [1.807, 2.05) is 0 Å². The van der Waals surface area contributed by atoms with Gasteiger partial charge in [-0.05, 0) is 17.7 Å². The van der Waals surface area contributed by atoms with Gasteiger partial charge in [-0.25, -0.2) is 0 Å². The molecule has 2 rings (SSSR count). The van der Waals surface area contributed by atoms with E-state index in [1.54, 1.807) is 36.5 Å². The Morgan fingerprint density at radius 1 is 1.33 bits per heavy atom. The van der Waals surface area contributed by atoms with Crippen LogP contribution in [0.1, 0.15) is 6.93 Å². The Balaban J connectivity index is 2.58. The summed E-state index contributed by atoms with van der Waals surface area (Å²) >= 11 is 0. The van der Waals surface area contributed by atoms with E-state index in [4.69, 9.17) is 7.10 Å². The van der Waals surface area contributed by atoms with Crippen LogP contribution in [-0.4, -0.2) is 10.1 Å². The van der Waals surface area contributed by atoms with Crippen LogP contribution in [0.3, 0.4) is 0 Å². The summed E-state index contributed by atoms with van der Waals surface area (Å²) in [5, 5.41) is 9.22. The average molecular weight is 201 g/mol. The fraction of sp³-hybridized carbons (Fsp3) is 0.0833. The van der Waals surface area contributed by atoms with E-state index in [9.17, 15) is 5.11 Å². The first-order valence-electron chi connectivity index (χ1n) is 5.13. The van der Waals surface area contributed by atoms with E-state index in [2.05, 4.69) is 4.98 Å². The van der Waals surface area contributed by atoms with Crippen molar-refractivity contribution in [3.8, 4) is 11.3 Å². The zero-order valence-electron chi connectivity index (χ0n) is 9.14. The molecule has 0 bridgehead atoms. The Labute approximate surface area is 89.6 Å². The molecule has 0 fully saturated rings. The molecule has 3 nitrogen and oxygen atoms in total. The zero-order valence-corrected chi connectivity index (χ0v) is 8.14. The first kappa shape index (κ1) is 8.44. The van der Waals surface area contributed by atoms with Gasteiger partial charge < -0.3 is 10.8 Å². The SMILES string of the molecule is [2H]c1cccc(CO)c1-c1ccc(N)cn1. The minimum absolute atomic E-state index is 0.103. The number of hydrogen-bond acceptors (Lipinski definition) is 3. The van der Waals surface area contributed by atoms with Crippen molar-refractivity contribution >= 4 is 5.69 Å². The number of nitrogens with zero attached hydrogens (tertiary/aromatic N) is 1. The maximum atomic E-state index is 9.22. The second kappa shape index (κ2) is 4.11. The Bertz CT molecular complexity index is 497. The third kappa shape index (κ3) is 1.97. The highest BCUT2D eigenvalue weighted by Gasteiger charge is 2.03. The lowest BCUT2D eigenvalue weighted by Crippen LogP contribution is -1.92. The van der Waals surface area contributed by atoms with Gasteiger partial charge in [0.05, 0.1) is 25.6 Å². The molecule has 0 saturated heterocycles. The number of nitrogens with two attached hydrogens (primary N) is 1. The standard InChI is InChI=1S/C12H12N2O/c13-10-5-6-12(14-7-10)11-4-2-1-3-9(11)8-15/h1-7,15H,8,13H2/i4D. The van der Waals surface area contributed by atoms with Crippen LogP contribution in [0.25, 0.3) is 11.3 Å². The van der Waals surface area contributed by atoms with Crippen LogP contribution >= 0.6 is 0 Å². The van der Waals surface area contributed by atoms with E-state index < -0.39 is 0 Å². The van der Waals surface area contributed by atoms with Crippen molar-refractivity contribution in [3.05, 3.63) is 48.1 Å². The van der Waals surface area contributed by atoms with Crippen LogP contribution in [-0.2, 0) is 6.61 Å². The fourth-order valence-electron chi connectivity index (χ4n) is 1.40. The highest BCUT2D eigenvalue weighted by molar-refractivity contribution is 5.64. The summed E-state index contributed by atoms with van der Waals surface area (Å²) in [6, 6.07) is 9.04. The minimum atomic E-state index is -0.103. The predicted octanol–water partition coefficient (Wildman–Crippen LogP) is 1.82. The summed E-state index contributed by atoms with van der Waals surface area (Å²) in [5.74, 6) is 0. The predicted molar refractivity (Wildman–Crippen MR) is 60.0 cm³/mol. The van der Waals surface area contributed by atoms with Gasteiger partial charge in [0.2, 0.25) is 0 Å². The molecular weight excluding hydrogens is 188 g/mol. The first-order chi connectivity index (χ1) is 7.72. The number of aliphatic hydroxyl groups excluding tert-OH is 1. The maximum absolute atomic E-state index is 9.22. The molecule has 3 N–H and O–H groups in total. The van der Waals surface area contributed by atoms with Gasteiger partial charge in [0.1, 0.15) is 0 Å². The molecule has 15 heavy (non-hydrogen) atoms. The topological polar surface area (TPSA) is 59.1 Å². The molecule has 0 atom stereocenters. The molecule has 1 heterocycles. The van der Waals surface area contributed by atoms with E-state index in [0.29, 0.717) is 28.6 Å². The molecule has 1 aromatic carbocycles. The molecule has 0 radical (unpaired) electrons. The van der Waals surface area contributed by atoms with Crippen molar-refractivity contribution in [2.24, 2.45) is 0 Å². The van der Waals surface area contributed by atoms with Crippen molar-refractivity contribution in [2.75, 3.05) is 5.73 Å². The Hall–Kier alpha value is -1.87. The molecular formula is C12H12N2O. The summed E-state index contributed by atoms with van der Waals surface area (Å²) in [6.45, 7) is -0.103. The van der Waals surface area contributed by atoms with Gasteiger partial charge in [0.25, 0.3) is 0 Å². The number of nitrogen functional groups attached to an aromatic ring is 1. The lowest BCUT2D eigenvalue weighted by atomic mass is 10.0. The Morgan fingerprint density at radius 2 is 2.20 bits per heavy atom. The summed E-state index contributed by atoms with van der Waals surface area (Å²) in [5.41, 5.74) is 8.15. The van der Waals surface area contributed by atoms with Gasteiger partial charge in [-0.1, -0.05) is 24.2 Å². The molecule has 2 aromatic rings. The number of aromatic nitrogens is 1. The first-order valence-corrected chi connectivity index (χ1v) is 4.63. The van der Waals surface area contributed by atoms with Crippen molar-refractivity contribution in [1.29, 1.82) is 0 Å². The Morgan fingerprint density at radius 3 is 2.87 bits per heavy atom.